The Kier molecular flexibility index (Phi) is 4.29. The molecule has 2 aliphatic carbocycles. The highest BCUT2D eigenvalue weighted by Gasteiger charge is 2.63. The van der Waals surface area contributed by atoms with Gasteiger partial charge < -0.3 is 4.74 Å². The molecule has 27 heavy (non-hydrogen) atoms. The number of amides is 3. The summed E-state index contributed by atoms with van der Waals surface area (Å²) < 4.78 is 5.41. The molecule has 142 valence electrons. The Morgan fingerprint density at radius 3 is 2.33 bits per heavy atom. The number of rotatable bonds is 4. The molecule has 1 aliphatic heterocycles. The van der Waals surface area contributed by atoms with Crippen molar-refractivity contribution in [2.75, 3.05) is 6.61 Å². The van der Waals surface area contributed by atoms with E-state index >= 15 is 0 Å². The Morgan fingerprint density at radius 2 is 1.78 bits per heavy atom. The standard InChI is InChI=1S/C21H24N2O4/c1-4-27-13-7-5-6-12(10-13)19(24)22-23-20(25)17-14-8-9-15(16(14)11(2)3)18(17)21(23)26/h5-7,10,14-15,17-18H,4,8-9H2,1-3H3,(H,22,24)/t14-,15-,17-,18-/m0/s1. The van der Waals surface area contributed by atoms with Gasteiger partial charge in [-0.2, -0.15) is 5.01 Å². The van der Waals surface area contributed by atoms with E-state index in [1.807, 2.05) is 6.92 Å². The summed E-state index contributed by atoms with van der Waals surface area (Å²) in [5, 5.41) is 0.956. The molecule has 1 heterocycles. The molecule has 2 bridgehead atoms. The zero-order chi connectivity index (χ0) is 19.3. The van der Waals surface area contributed by atoms with Gasteiger partial charge in [-0.1, -0.05) is 17.2 Å². The first-order valence-electron chi connectivity index (χ1n) is 9.53. The highest BCUT2D eigenvalue weighted by molar-refractivity contribution is 6.09. The summed E-state index contributed by atoms with van der Waals surface area (Å²) in [5.41, 5.74) is 5.40. The molecule has 1 saturated heterocycles. The zero-order valence-electron chi connectivity index (χ0n) is 15.8. The fraction of sp³-hybridized carbons (Fsp3) is 0.476. The Bertz CT molecular complexity index is 823. The highest BCUT2D eigenvalue weighted by atomic mass is 16.5. The maximum Gasteiger partial charge on any atom is 0.270 e. The molecule has 0 spiro atoms. The topological polar surface area (TPSA) is 75.7 Å². The Hall–Kier alpha value is -2.63. The van der Waals surface area contributed by atoms with Crippen molar-refractivity contribution in [2.45, 2.75) is 33.6 Å². The number of hydrogen-bond acceptors (Lipinski definition) is 4. The van der Waals surface area contributed by atoms with Gasteiger partial charge >= 0.3 is 0 Å². The number of ether oxygens (including phenoxy) is 1. The van der Waals surface area contributed by atoms with Crippen molar-refractivity contribution in [3.8, 4) is 5.75 Å². The maximum atomic E-state index is 12.9. The summed E-state index contributed by atoms with van der Waals surface area (Å²) in [7, 11) is 0. The van der Waals surface area contributed by atoms with Crippen molar-refractivity contribution < 1.29 is 19.1 Å². The highest BCUT2D eigenvalue weighted by Crippen LogP contribution is 2.59. The summed E-state index contributed by atoms with van der Waals surface area (Å²) >= 11 is 0. The van der Waals surface area contributed by atoms with Crippen LogP contribution in [-0.2, 0) is 9.59 Å². The Labute approximate surface area is 158 Å². The van der Waals surface area contributed by atoms with Crippen molar-refractivity contribution in [2.24, 2.45) is 23.7 Å². The molecule has 1 aromatic carbocycles. The SMILES string of the molecule is CCOc1cccc(C(=O)NN2C(=O)[C@@H]3[C@@H](C2=O)[C@H]2CC[C@H]3C2=C(C)C)c1. The second kappa shape index (κ2) is 6.51. The smallest absolute Gasteiger partial charge is 0.270 e. The number of hydrogen-bond donors (Lipinski definition) is 1. The lowest BCUT2D eigenvalue weighted by Gasteiger charge is -2.19. The molecular formula is C21H24N2O4. The third-order valence-corrected chi connectivity index (χ3v) is 6.05. The number of allylic oxidation sites excluding steroid dienone is 2. The van der Waals surface area contributed by atoms with Gasteiger partial charge in [0.15, 0.2) is 0 Å². The van der Waals surface area contributed by atoms with E-state index in [0.717, 1.165) is 17.9 Å². The lowest BCUT2D eigenvalue weighted by molar-refractivity contribution is -0.143. The minimum atomic E-state index is -0.479. The van der Waals surface area contributed by atoms with E-state index in [1.165, 1.54) is 11.1 Å². The van der Waals surface area contributed by atoms with E-state index in [9.17, 15) is 14.4 Å². The molecule has 6 heteroatoms. The fourth-order valence-electron chi connectivity index (χ4n) is 5.16. The van der Waals surface area contributed by atoms with E-state index in [1.54, 1.807) is 24.3 Å². The van der Waals surface area contributed by atoms with Gasteiger partial charge in [0.1, 0.15) is 5.75 Å². The van der Waals surface area contributed by atoms with E-state index in [4.69, 9.17) is 4.74 Å². The first-order valence-corrected chi connectivity index (χ1v) is 9.53. The van der Waals surface area contributed by atoms with Crippen LogP contribution in [-0.4, -0.2) is 29.3 Å². The van der Waals surface area contributed by atoms with Crippen LogP contribution >= 0.6 is 0 Å². The lowest BCUT2D eigenvalue weighted by atomic mass is 9.81. The summed E-state index contributed by atoms with van der Waals surface area (Å²) in [6, 6.07) is 6.71. The first kappa shape index (κ1) is 17.8. The molecule has 2 saturated carbocycles. The fourth-order valence-corrected chi connectivity index (χ4v) is 5.16. The van der Waals surface area contributed by atoms with Crippen LogP contribution in [0.15, 0.2) is 35.4 Å². The van der Waals surface area contributed by atoms with Gasteiger partial charge in [0, 0.05) is 5.56 Å². The molecule has 1 aromatic rings. The first-order chi connectivity index (χ1) is 12.9. The molecule has 0 radical (unpaired) electrons. The van der Waals surface area contributed by atoms with Gasteiger partial charge in [-0.25, -0.2) is 0 Å². The van der Waals surface area contributed by atoms with Crippen LogP contribution in [0, 0.1) is 23.7 Å². The number of carbonyl (C=O) groups excluding carboxylic acids is 3. The summed E-state index contributed by atoms with van der Waals surface area (Å²) in [6.45, 7) is 6.47. The average molecular weight is 368 g/mol. The maximum absolute atomic E-state index is 12.9. The molecule has 1 N–H and O–H groups in total. The average Bonchev–Trinajstić information content (AvgIpc) is 3.28. The minimum Gasteiger partial charge on any atom is -0.494 e. The molecule has 4 rings (SSSR count). The lowest BCUT2D eigenvalue weighted by Crippen LogP contribution is -2.47. The largest absolute Gasteiger partial charge is 0.494 e. The van der Waals surface area contributed by atoms with E-state index < -0.39 is 5.91 Å². The summed E-state index contributed by atoms with van der Waals surface area (Å²) in [4.78, 5) is 38.5. The second-order valence-electron chi connectivity index (χ2n) is 7.71. The molecular weight excluding hydrogens is 344 g/mol. The predicted octanol–water partition coefficient (Wildman–Crippen LogP) is 2.71. The third kappa shape index (κ3) is 2.66. The number of fused-ring (bicyclic) bond motifs is 5. The number of hydrazine groups is 1. The van der Waals surface area contributed by atoms with Crippen molar-refractivity contribution in [1.82, 2.24) is 10.4 Å². The number of carbonyl (C=O) groups is 3. The van der Waals surface area contributed by atoms with Crippen LogP contribution in [0.25, 0.3) is 0 Å². The van der Waals surface area contributed by atoms with E-state index in [-0.39, 0.29) is 35.5 Å². The van der Waals surface area contributed by atoms with E-state index in [2.05, 4.69) is 19.3 Å². The van der Waals surface area contributed by atoms with Crippen LogP contribution < -0.4 is 10.2 Å². The Morgan fingerprint density at radius 1 is 1.15 bits per heavy atom. The second-order valence-corrected chi connectivity index (χ2v) is 7.71. The number of nitrogens with zero attached hydrogens (tertiary/aromatic N) is 1. The van der Waals surface area contributed by atoms with Crippen molar-refractivity contribution in [3.05, 3.63) is 41.0 Å². The van der Waals surface area contributed by atoms with Gasteiger partial charge in [-0.05, 0) is 63.6 Å². The number of imide groups is 1. The van der Waals surface area contributed by atoms with Gasteiger partial charge in [-0.15, -0.1) is 0 Å². The zero-order valence-corrected chi connectivity index (χ0v) is 15.8. The number of nitrogens with one attached hydrogen (secondary N) is 1. The van der Waals surface area contributed by atoms with Crippen molar-refractivity contribution in [3.63, 3.8) is 0 Å². The van der Waals surface area contributed by atoms with Gasteiger partial charge in [0.25, 0.3) is 17.7 Å². The summed E-state index contributed by atoms with van der Waals surface area (Å²) in [5.74, 6) is -0.808. The van der Waals surface area contributed by atoms with Crippen LogP contribution in [0.1, 0.15) is 44.0 Å². The molecule has 3 aliphatic rings. The van der Waals surface area contributed by atoms with Crippen LogP contribution in [0.4, 0.5) is 0 Å². The predicted molar refractivity (Wildman–Crippen MR) is 98.5 cm³/mol. The normalized spacial score (nSPS) is 28.6. The number of benzene rings is 1. The molecule has 3 amide bonds. The van der Waals surface area contributed by atoms with Gasteiger partial charge in [0.05, 0.1) is 18.4 Å². The Balaban J connectivity index is 1.55. The molecule has 4 atom stereocenters. The summed E-state index contributed by atoms with van der Waals surface area (Å²) in [6.07, 6.45) is 1.90. The van der Waals surface area contributed by atoms with Crippen LogP contribution in [0.5, 0.6) is 5.75 Å². The van der Waals surface area contributed by atoms with Gasteiger partial charge in [0.2, 0.25) is 0 Å². The molecule has 6 nitrogen and oxygen atoms in total. The van der Waals surface area contributed by atoms with Crippen molar-refractivity contribution in [1.29, 1.82) is 0 Å². The quantitative estimate of drug-likeness (QED) is 0.655. The van der Waals surface area contributed by atoms with Crippen molar-refractivity contribution >= 4 is 17.7 Å². The van der Waals surface area contributed by atoms with Crippen LogP contribution in [0.3, 0.4) is 0 Å². The van der Waals surface area contributed by atoms with Gasteiger partial charge in [-0.3, -0.25) is 19.8 Å². The van der Waals surface area contributed by atoms with E-state index in [0.29, 0.717) is 17.9 Å². The monoisotopic (exact) mass is 368 g/mol. The molecule has 0 unspecified atom stereocenters. The molecule has 0 aromatic heterocycles. The minimum absolute atomic E-state index is 0.143. The molecule has 3 fully saturated rings. The van der Waals surface area contributed by atoms with Crippen LogP contribution in [0.2, 0.25) is 0 Å². The third-order valence-electron chi connectivity index (χ3n) is 6.05.